The van der Waals surface area contributed by atoms with Crippen molar-refractivity contribution in [1.82, 2.24) is 4.90 Å². The Labute approximate surface area is 112 Å². The van der Waals surface area contributed by atoms with E-state index >= 15 is 0 Å². The number of nitrogens with zero attached hydrogens (tertiary/aromatic N) is 1. The lowest BCUT2D eigenvalue weighted by molar-refractivity contribution is 0.118. The maximum atomic E-state index is 9.07. The summed E-state index contributed by atoms with van der Waals surface area (Å²) in [6.45, 7) is 7.83. The molecule has 1 rings (SSSR count). The fourth-order valence-corrected chi connectivity index (χ4v) is 2.01. The van der Waals surface area contributed by atoms with Crippen LogP contribution in [-0.2, 0) is 12.8 Å². The molecular weight excluding hydrogens is 222 g/mol. The zero-order valence-corrected chi connectivity index (χ0v) is 12.2. The number of rotatable bonds is 7. The Morgan fingerprint density at radius 1 is 1.11 bits per heavy atom. The first-order chi connectivity index (χ1) is 8.49. The maximum absolute atomic E-state index is 9.07. The summed E-state index contributed by atoms with van der Waals surface area (Å²) in [7, 11) is 2.13. The molecule has 0 aliphatic carbocycles. The number of benzene rings is 1. The van der Waals surface area contributed by atoms with E-state index < -0.39 is 0 Å². The van der Waals surface area contributed by atoms with Crippen molar-refractivity contribution in [1.29, 1.82) is 0 Å². The molecule has 1 N–H and O–H groups in total. The molecule has 0 spiro atoms. The molecule has 0 fully saturated rings. The minimum absolute atomic E-state index is 0.0676. The smallest absolute Gasteiger partial charge is 0.0448 e. The van der Waals surface area contributed by atoms with Crippen LogP contribution < -0.4 is 0 Å². The minimum atomic E-state index is 0.0676. The van der Waals surface area contributed by atoms with Gasteiger partial charge in [-0.3, -0.25) is 0 Å². The minimum Gasteiger partial charge on any atom is -0.396 e. The van der Waals surface area contributed by atoms with Gasteiger partial charge in [-0.25, -0.2) is 0 Å². The molecule has 18 heavy (non-hydrogen) atoms. The lowest BCUT2D eigenvalue weighted by Crippen LogP contribution is -2.42. The van der Waals surface area contributed by atoms with Crippen LogP contribution in [0.3, 0.4) is 0 Å². The fourth-order valence-electron chi connectivity index (χ4n) is 2.01. The third-order valence-corrected chi connectivity index (χ3v) is 3.92. The Balaban J connectivity index is 2.48. The summed E-state index contributed by atoms with van der Waals surface area (Å²) >= 11 is 0. The van der Waals surface area contributed by atoms with Crippen LogP contribution in [-0.4, -0.2) is 35.7 Å². The zero-order chi connectivity index (χ0) is 13.6. The summed E-state index contributed by atoms with van der Waals surface area (Å²) in [4.78, 5) is 2.33. The number of aliphatic hydroxyl groups is 1. The van der Waals surface area contributed by atoms with Crippen molar-refractivity contribution in [3.8, 4) is 0 Å². The van der Waals surface area contributed by atoms with E-state index in [2.05, 4.69) is 57.0 Å². The Bertz CT molecular complexity index is 343. The topological polar surface area (TPSA) is 23.5 Å². The molecule has 1 aromatic carbocycles. The first-order valence-electron chi connectivity index (χ1n) is 6.89. The lowest BCUT2D eigenvalue weighted by atomic mass is 9.98. The quantitative estimate of drug-likeness (QED) is 0.803. The molecule has 2 nitrogen and oxygen atoms in total. The van der Waals surface area contributed by atoms with Gasteiger partial charge in [-0.15, -0.1) is 0 Å². The van der Waals surface area contributed by atoms with Crippen molar-refractivity contribution in [3.05, 3.63) is 35.4 Å². The first kappa shape index (κ1) is 15.2. The molecule has 0 radical (unpaired) electrons. The predicted octanol–water partition coefficient (Wildman–Crippen LogP) is 2.88. The highest BCUT2D eigenvalue weighted by atomic mass is 16.3. The standard InChI is InChI=1S/C16H27NO/c1-5-14-6-8-15(9-7-14)10-12-17(4)16(2,3)11-13-18/h6-9,18H,5,10-13H2,1-4H3. The second-order valence-electron chi connectivity index (χ2n) is 5.63. The summed E-state index contributed by atoms with van der Waals surface area (Å²) in [5.41, 5.74) is 2.85. The molecule has 0 bridgehead atoms. The van der Waals surface area contributed by atoms with Crippen LogP contribution in [0.1, 0.15) is 38.3 Å². The Kier molecular flexibility index (Phi) is 5.83. The molecule has 102 valence electrons. The van der Waals surface area contributed by atoms with E-state index in [-0.39, 0.29) is 12.1 Å². The number of aliphatic hydroxyl groups excluding tert-OH is 1. The summed E-state index contributed by atoms with van der Waals surface area (Å²) < 4.78 is 0. The number of hydrogen-bond acceptors (Lipinski definition) is 2. The zero-order valence-electron chi connectivity index (χ0n) is 12.2. The second kappa shape index (κ2) is 6.91. The van der Waals surface area contributed by atoms with Gasteiger partial charge in [0.25, 0.3) is 0 Å². The van der Waals surface area contributed by atoms with Gasteiger partial charge in [0, 0.05) is 18.7 Å². The summed E-state index contributed by atoms with van der Waals surface area (Å²) in [6.07, 6.45) is 2.98. The van der Waals surface area contributed by atoms with E-state index in [1.807, 2.05) is 0 Å². The molecule has 0 aliphatic heterocycles. The monoisotopic (exact) mass is 249 g/mol. The Morgan fingerprint density at radius 2 is 1.67 bits per heavy atom. The third kappa shape index (κ3) is 4.43. The van der Waals surface area contributed by atoms with Crippen LogP contribution in [0.4, 0.5) is 0 Å². The molecule has 0 amide bonds. The van der Waals surface area contributed by atoms with E-state index in [4.69, 9.17) is 5.11 Å². The molecule has 0 unspecified atom stereocenters. The maximum Gasteiger partial charge on any atom is 0.0448 e. The van der Waals surface area contributed by atoms with E-state index in [1.165, 1.54) is 11.1 Å². The van der Waals surface area contributed by atoms with Crippen LogP contribution >= 0.6 is 0 Å². The van der Waals surface area contributed by atoms with Gasteiger partial charge in [0.2, 0.25) is 0 Å². The van der Waals surface area contributed by atoms with Crippen LogP contribution in [0.2, 0.25) is 0 Å². The van der Waals surface area contributed by atoms with Crippen molar-refractivity contribution < 1.29 is 5.11 Å². The lowest BCUT2D eigenvalue weighted by Gasteiger charge is -2.35. The van der Waals surface area contributed by atoms with E-state index in [0.717, 1.165) is 25.8 Å². The average molecular weight is 249 g/mol. The summed E-state index contributed by atoms with van der Waals surface area (Å²) in [5, 5.41) is 9.07. The van der Waals surface area contributed by atoms with Gasteiger partial charge >= 0.3 is 0 Å². The summed E-state index contributed by atoms with van der Waals surface area (Å²) in [6, 6.07) is 8.89. The highest BCUT2D eigenvalue weighted by Gasteiger charge is 2.22. The van der Waals surface area contributed by atoms with Crippen molar-refractivity contribution >= 4 is 0 Å². The predicted molar refractivity (Wildman–Crippen MR) is 77.9 cm³/mol. The van der Waals surface area contributed by atoms with Crippen molar-refractivity contribution in [3.63, 3.8) is 0 Å². The summed E-state index contributed by atoms with van der Waals surface area (Å²) in [5.74, 6) is 0. The molecule has 0 aliphatic rings. The normalized spacial score (nSPS) is 12.1. The fraction of sp³-hybridized carbons (Fsp3) is 0.625. The van der Waals surface area contributed by atoms with E-state index in [0.29, 0.717) is 0 Å². The van der Waals surface area contributed by atoms with Crippen LogP contribution in [0.15, 0.2) is 24.3 Å². The van der Waals surface area contributed by atoms with Gasteiger partial charge in [0.15, 0.2) is 0 Å². The third-order valence-electron chi connectivity index (χ3n) is 3.92. The highest BCUT2D eigenvalue weighted by molar-refractivity contribution is 5.22. The molecule has 0 heterocycles. The molecule has 1 aromatic rings. The largest absolute Gasteiger partial charge is 0.396 e. The SMILES string of the molecule is CCc1ccc(CCN(C)C(C)(C)CCO)cc1. The molecule has 2 heteroatoms. The van der Waals surface area contributed by atoms with Crippen molar-refractivity contribution in [2.75, 3.05) is 20.2 Å². The van der Waals surface area contributed by atoms with E-state index in [9.17, 15) is 0 Å². The van der Waals surface area contributed by atoms with Gasteiger partial charge in [-0.1, -0.05) is 31.2 Å². The average Bonchev–Trinajstić information content (AvgIpc) is 2.36. The van der Waals surface area contributed by atoms with Gasteiger partial charge in [0.1, 0.15) is 0 Å². The van der Waals surface area contributed by atoms with Crippen LogP contribution in [0.25, 0.3) is 0 Å². The van der Waals surface area contributed by atoms with Crippen LogP contribution in [0.5, 0.6) is 0 Å². The van der Waals surface area contributed by atoms with Gasteiger partial charge in [0.05, 0.1) is 0 Å². The second-order valence-corrected chi connectivity index (χ2v) is 5.63. The van der Waals surface area contributed by atoms with Crippen molar-refractivity contribution in [2.45, 2.75) is 45.6 Å². The number of hydrogen-bond donors (Lipinski definition) is 1. The van der Waals surface area contributed by atoms with Gasteiger partial charge < -0.3 is 10.0 Å². The van der Waals surface area contributed by atoms with E-state index in [1.54, 1.807) is 0 Å². The van der Waals surface area contributed by atoms with Gasteiger partial charge in [-0.2, -0.15) is 0 Å². The molecule has 0 saturated heterocycles. The van der Waals surface area contributed by atoms with Crippen molar-refractivity contribution in [2.24, 2.45) is 0 Å². The number of aryl methyl sites for hydroxylation is 1. The first-order valence-corrected chi connectivity index (χ1v) is 6.89. The van der Waals surface area contributed by atoms with Crippen LogP contribution in [0, 0.1) is 0 Å². The highest BCUT2D eigenvalue weighted by Crippen LogP contribution is 2.17. The Morgan fingerprint density at radius 3 is 2.17 bits per heavy atom. The molecular formula is C16H27NO. The molecule has 0 aromatic heterocycles. The number of likely N-dealkylation sites (N-methyl/N-ethyl adjacent to an activating group) is 1. The molecule has 0 saturated carbocycles. The molecule has 0 atom stereocenters. The van der Waals surface area contributed by atoms with Gasteiger partial charge in [-0.05, 0) is 51.3 Å². The Hall–Kier alpha value is -0.860.